The number of amides is 1. The SMILES string of the molecule is CC[C@@H]1S/C(=N/N=C\c2ccc(Cl)cc2)N(Cc2ccc(F)cc2)C1=O. The fraction of sp³-hybridized carbons (Fsp3) is 0.211. The number of amidine groups is 1. The maximum absolute atomic E-state index is 13.1. The second kappa shape index (κ2) is 8.47. The van der Waals surface area contributed by atoms with Crippen LogP contribution in [0.2, 0.25) is 5.02 Å². The Morgan fingerprint density at radius 2 is 1.88 bits per heavy atom. The van der Waals surface area contributed by atoms with Crippen molar-refractivity contribution in [1.29, 1.82) is 0 Å². The van der Waals surface area contributed by atoms with Crippen molar-refractivity contribution in [2.24, 2.45) is 10.2 Å². The van der Waals surface area contributed by atoms with Crippen LogP contribution in [-0.4, -0.2) is 27.4 Å². The predicted molar refractivity (Wildman–Crippen MR) is 105 cm³/mol. The van der Waals surface area contributed by atoms with Gasteiger partial charge in [0.05, 0.1) is 18.0 Å². The van der Waals surface area contributed by atoms with Gasteiger partial charge < -0.3 is 0 Å². The van der Waals surface area contributed by atoms with Gasteiger partial charge in [-0.1, -0.05) is 54.6 Å². The van der Waals surface area contributed by atoms with Gasteiger partial charge in [0, 0.05) is 5.02 Å². The van der Waals surface area contributed by atoms with E-state index in [1.54, 1.807) is 35.4 Å². The minimum atomic E-state index is -0.302. The van der Waals surface area contributed by atoms with Crippen LogP contribution in [0.25, 0.3) is 0 Å². The molecule has 0 bridgehead atoms. The molecule has 4 nitrogen and oxygen atoms in total. The fourth-order valence-corrected chi connectivity index (χ4v) is 3.61. The van der Waals surface area contributed by atoms with Crippen molar-refractivity contribution in [2.75, 3.05) is 0 Å². The monoisotopic (exact) mass is 389 g/mol. The van der Waals surface area contributed by atoms with E-state index < -0.39 is 0 Å². The molecule has 2 aromatic rings. The zero-order valence-corrected chi connectivity index (χ0v) is 15.7. The molecule has 1 atom stereocenters. The molecule has 0 unspecified atom stereocenters. The van der Waals surface area contributed by atoms with Crippen molar-refractivity contribution >= 4 is 40.7 Å². The molecule has 0 N–H and O–H groups in total. The molecule has 0 radical (unpaired) electrons. The molecule has 1 fully saturated rings. The van der Waals surface area contributed by atoms with E-state index in [2.05, 4.69) is 10.2 Å². The van der Waals surface area contributed by atoms with Crippen molar-refractivity contribution < 1.29 is 9.18 Å². The first-order chi connectivity index (χ1) is 12.6. The first-order valence-electron chi connectivity index (χ1n) is 8.16. The summed E-state index contributed by atoms with van der Waals surface area (Å²) in [4.78, 5) is 14.2. The zero-order chi connectivity index (χ0) is 18.5. The summed E-state index contributed by atoms with van der Waals surface area (Å²) in [6.45, 7) is 2.31. The molecule has 1 saturated heterocycles. The molecule has 0 aromatic heterocycles. The van der Waals surface area contributed by atoms with E-state index >= 15 is 0 Å². The predicted octanol–water partition coefficient (Wildman–Crippen LogP) is 4.72. The minimum Gasteiger partial charge on any atom is -0.284 e. The van der Waals surface area contributed by atoms with Crippen molar-refractivity contribution in [1.82, 2.24) is 4.90 Å². The molecule has 1 amide bonds. The van der Waals surface area contributed by atoms with Gasteiger partial charge in [-0.15, -0.1) is 5.10 Å². The summed E-state index contributed by atoms with van der Waals surface area (Å²) in [5.41, 5.74) is 1.71. The summed E-state index contributed by atoms with van der Waals surface area (Å²) in [6.07, 6.45) is 2.33. The van der Waals surface area contributed by atoms with E-state index in [1.165, 1.54) is 23.9 Å². The van der Waals surface area contributed by atoms with E-state index in [1.807, 2.05) is 19.1 Å². The summed E-state index contributed by atoms with van der Waals surface area (Å²) in [5, 5.41) is 9.38. The highest BCUT2D eigenvalue weighted by Gasteiger charge is 2.36. The van der Waals surface area contributed by atoms with Crippen molar-refractivity contribution in [3.63, 3.8) is 0 Å². The molecule has 2 aromatic carbocycles. The lowest BCUT2D eigenvalue weighted by atomic mass is 10.2. The van der Waals surface area contributed by atoms with Gasteiger partial charge in [-0.2, -0.15) is 5.10 Å². The third-order valence-corrected chi connectivity index (χ3v) is 5.45. The van der Waals surface area contributed by atoms with Crippen LogP contribution >= 0.6 is 23.4 Å². The Morgan fingerprint density at radius 1 is 1.19 bits per heavy atom. The Morgan fingerprint density at radius 3 is 2.54 bits per heavy atom. The number of thioether (sulfide) groups is 1. The molecule has 1 aliphatic rings. The lowest BCUT2D eigenvalue weighted by Crippen LogP contribution is -2.31. The molecular weight excluding hydrogens is 373 g/mol. The average Bonchev–Trinajstić information content (AvgIpc) is 2.94. The van der Waals surface area contributed by atoms with E-state index in [-0.39, 0.29) is 17.0 Å². The molecular formula is C19H17ClFN3OS. The lowest BCUT2D eigenvalue weighted by Gasteiger charge is -2.15. The highest BCUT2D eigenvalue weighted by Crippen LogP contribution is 2.30. The molecule has 0 spiro atoms. The highest BCUT2D eigenvalue weighted by molar-refractivity contribution is 8.15. The summed E-state index contributed by atoms with van der Waals surface area (Å²) < 4.78 is 13.1. The van der Waals surface area contributed by atoms with E-state index in [0.29, 0.717) is 23.2 Å². The molecule has 0 saturated carbocycles. The molecule has 134 valence electrons. The van der Waals surface area contributed by atoms with Gasteiger partial charge in [-0.05, 0) is 41.8 Å². The molecule has 3 rings (SSSR count). The van der Waals surface area contributed by atoms with Crippen LogP contribution in [0, 0.1) is 5.82 Å². The van der Waals surface area contributed by atoms with Gasteiger partial charge in [0.1, 0.15) is 5.82 Å². The maximum Gasteiger partial charge on any atom is 0.242 e. The molecule has 1 heterocycles. The Labute approximate surface area is 160 Å². The van der Waals surface area contributed by atoms with Crippen LogP contribution in [0.1, 0.15) is 24.5 Å². The summed E-state index contributed by atoms with van der Waals surface area (Å²) >= 11 is 7.26. The van der Waals surface area contributed by atoms with Crippen LogP contribution in [0.5, 0.6) is 0 Å². The Balaban J connectivity index is 1.78. The first kappa shape index (κ1) is 18.6. The molecule has 26 heavy (non-hydrogen) atoms. The van der Waals surface area contributed by atoms with Crippen LogP contribution in [-0.2, 0) is 11.3 Å². The van der Waals surface area contributed by atoms with Gasteiger partial charge in [-0.25, -0.2) is 4.39 Å². The Hall–Kier alpha value is -2.18. The van der Waals surface area contributed by atoms with Crippen LogP contribution in [0.15, 0.2) is 58.7 Å². The molecule has 7 heteroatoms. The Bertz CT molecular complexity index is 837. The number of halogens is 2. The largest absolute Gasteiger partial charge is 0.284 e. The maximum atomic E-state index is 13.1. The van der Waals surface area contributed by atoms with Gasteiger partial charge >= 0.3 is 0 Å². The van der Waals surface area contributed by atoms with E-state index in [0.717, 1.165) is 11.1 Å². The fourth-order valence-electron chi connectivity index (χ4n) is 2.46. The third kappa shape index (κ3) is 4.51. The van der Waals surface area contributed by atoms with Gasteiger partial charge in [0.15, 0.2) is 5.17 Å². The van der Waals surface area contributed by atoms with Crippen molar-refractivity contribution in [3.05, 3.63) is 70.5 Å². The standard InChI is InChI=1S/C19H17ClFN3OS/c1-2-17-18(25)24(12-14-5-9-16(21)10-6-14)19(26-17)23-22-11-13-3-7-15(20)8-4-13/h3-11,17H,2,12H2,1H3/b22-11-,23-19+/t17-/m0/s1. The summed E-state index contributed by atoms with van der Waals surface area (Å²) in [7, 11) is 0. The van der Waals surface area contributed by atoms with E-state index in [9.17, 15) is 9.18 Å². The number of nitrogens with zero attached hydrogens (tertiary/aromatic N) is 3. The zero-order valence-electron chi connectivity index (χ0n) is 14.1. The van der Waals surface area contributed by atoms with Crippen LogP contribution < -0.4 is 0 Å². The number of hydrogen-bond donors (Lipinski definition) is 0. The smallest absolute Gasteiger partial charge is 0.242 e. The van der Waals surface area contributed by atoms with Crippen LogP contribution in [0.4, 0.5) is 4.39 Å². The Kier molecular flexibility index (Phi) is 6.06. The van der Waals surface area contributed by atoms with Crippen LogP contribution in [0.3, 0.4) is 0 Å². The second-order valence-corrected chi connectivity index (χ2v) is 7.35. The number of hydrogen-bond acceptors (Lipinski definition) is 4. The summed E-state index contributed by atoms with van der Waals surface area (Å²) in [6, 6.07) is 13.3. The molecule has 1 aliphatic heterocycles. The van der Waals surface area contributed by atoms with Gasteiger partial charge in [0.25, 0.3) is 0 Å². The van der Waals surface area contributed by atoms with Gasteiger partial charge in [-0.3, -0.25) is 9.69 Å². The number of rotatable bonds is 5. The number of carbonyl (C=O) groups is 1. The van der Waals surface area contributed by atoms with E-state index in [4.69, 9.17) is 11.6 Å². The first-order valence-corrected chi connectivity index (χ1v) is 9.41. The quantitative estimate of drug-likeness (QED) is 0.548. The van der Waals surface area contributed by atoms with Gasteiger partial charge in [0.2, 0.25) is 5.91 Å². The normalized spacial score (nSPS) is 19.0. The third-order valence-electron chi connectivity index (χ3n) is 3.86. The molecule has 0 aliphatic carbocycles. The summed E-state index contributed by atoms with van der Waals surface area (Å²) in [5.74, 6) is -0.300. The topological polar surface area (TPSA) is 45.0 Å². The lowest BCUT2D eigenvalue weighted by molar-refractivity contribution is -0.126. The number of carbonyl (C=O) groups excluding carboxylic acids is 1. The van der Waals surface area contributed by atoms with Crippen molar-refractivity contribution in [3.8, 4) is 0 Å². The highest BCUT2D eigenvalue weighted by atomic mass is 35.5. The van der Waals surface area contributed by atoms with Crippen molar-refractivity contribution in [2.45, 2.75) is 25.1 Å². The second-order valence-electron chi connectivity index (χ2n) is 5.74. The minimum absolute atomic E-state index is 0.00210. The number of benzene rings is 2. The average molecular weight is 390 g/mol.